The first-order chi connectivity index (χ1) is 8.97. The van der Waals surface area contributed by atoms with Crippen LogP contribution < -0.4 is 0 Å². The second-order valence-corrected chi connectivity index (χ2v) is 7.79. The highest BCUT2D eigenvalue weighted by Crippen LogP contribution is 2.44. The van der Waals surface area contributed by atoms with E-state index in [9.17, 15) is 0 Å². The molecule has 1 aromatic heterocycles. The molecule has 0 radical (unpaired) electrons. The molecule has 2 aliphatic carbocycles. The molecule has 0 saturated heterocycles. The van der Waals surface area contributed by atoms with E-state index in [0.29, 0.717) is 17.4 Å². The summed E-state index contributed by atoms with van der Waals surface area (Å²) in [7, 11) is 0. The zero-order valence-electron chi connectivity index (χ0n) is 12.3. The second-order valence-electron chi connectivity index (χ2n) is 7.40. The fourth-order valence-corrected chi connectivity index (χ4v) is 3.80. The lowest BCUT2D eigenvalue weighted by Crippen LogP contribution is -2.26. The molecule has 2 fully saturated rings. The van der Waals surface area contributed by atoms with Gasteiger partial charge in [-0.25, -0.2) is 0 Å². The molecule has 2 aliphatic rings. The van der Waals surface area contributed by atoms with Crippen molar-refractivity contribution >= 4 is 12.2 Å². The third-order valence-corrected chi connectivity index (χ3v) is 5.25. The summed E-state index contributed by atoms with van der Waals surface area (Å²) in [6.45, 7) is 7.12. The quantitative estimate of drug-likeness (QED) is 0.803. The number of rotatable bonds is 2. The molecule has 3 rings (SSSR count). The topological polar surface area (TPSA) is 33.6 Å². The van der Waals surface area contributed by atoms with E-state index in [1.807, 2.05) is 0 Å². The molecule has 0 spiro atoms. The number of H-pyrrole nitrogens is 1. The van der Waals surface area contributed by atoms with E-state index in [-0.39, 0.29) is 0 Å². The number of hydrogen-bond acceptors (Lipinski definition) is 2. The van der Waals surface area contributed by atoms with Gasteiger partial charge < -0.3 is 4.57 Å². The largest absolute Gasteiger partial charge is 0.301 e. The van der Waals surface area contributed by atoms with Crippen LogP contribution in [0.5, 0.6) is 0 Å². The Labute approximate surface area is 120 Å². The Hall–Kier alpha value is -0.640. The monoisotopic (exact) mass is 279 g/mol. The average molecular weight is 279 g/mol. The normalized spacial score (nSPS) is 28.6. The Balaban J connectivity index is 1.74. The van der Waals surface area contributed by atoms with Crippen molar-refractivity contribution in [2.45, 2.75) is 71.3 Å². The summed E-state index contributed by atoms with van der Waals surface area (Å²) < 4.78 is 3.13. The Bertz CT molecular complexity index is 496. The number of hydrogen-bond donors (Lipinski definition) is 1. The van der Waals surface area contributed by atoms with Crippen LogP contribution in [0.1, 0.15) is 77.1 Å². The van der Waals surface area contributed by atoms with Crippen molar-refractivity contribution in [3.05, 3.63) is 10.6 Å². The van der Waals surface area contributed by atoms with Crippen molar-refractivity contribution in [2.24, 2.45) is 11.3 Å². The summed E-state index contributed by atoms with van der Waals surface area (Å²) in [5.74, 6) is 2.71. The van der Waals surface area contributed by atoms with Crippen LogP contribution >= 0.6 is 12.2 Å². The highest BCUT2D eigenvalue weighted by atomic mass is 32.1. The summed E-state index contributed by atoms with van der Waals surface area (Å²) in [5.41, 5.74) is 0.451. The molecule has 0 bridgehead atoms. The lowest BCUT2D eigenvalue weighted by Gasteiger charge is -2.36. The lowest BCUT2D eigenvalue weighted by molar-refractivity contribution is 0.166. The molecule has 1 heterocycles. The van der Waals surface area contributed by atoms with Gasteiger partial charge in [0, 0.05) is 12.0 Å². The molecule has 0 aromatic carbocycles. The minimum Gasteiger partial charge on any atom is -0.301 e. The Morgan fingerprint density at radius 2 is 1.74 bits per heavy atom. The predicted molar refractivity (Wildman–Crippen MR) is 79.8 cm³/mol. The van der Waals surface area contributed by atoms with Gasteiger partial charge >= 0.3 is 0 Å². The van der Waals surface area contributed by atoms with Crippen molar-refractivity contribution < 1.29 is 0 Å². The smallest absolute Gasteiger partial charge is 0.195 e. The van der Waals surface area contributed by atoms with Gasteiger partial charge in [0.1, 0.15) is 5.82 Å². The van der Waals surface area contributed by atoms with Gasteiger partial charge in [0.15, 0.2) is 4.77 Å². The second kappa shape index (κ2) is 4.72. The third-order valence-electron chi connectivity index (χ3n) is 4.96. The number of aromatic amines is 1. The number of nitrogens with zero attached hydrogens (tertiary/aromatic N) is 2. The molecule has 19 heavy (non-hydrogen) atoms. The van der Waals surface area contributed by atoms with Crippen LogP contribution in [0.4, 0.5) is 0 Å². The Kier molecular flexibility index (Phi) is 3.32. The molecule has 0 aliphatic heterocycles. The highest BCUT2D eigenvalue weighted by molar-refractivity contribution is 7.71. The van der Waals surface area contributed by atoms with Gasteiger partial charge in [-0.05, 0) is 62.1 Å². The van der Waals surface area contributed by atoms with Crippen LogP contribution in [0.25, 0.3) is 0 Å². The fraction of sp³-hybridized carbons (Fsp3) is 0.867. The zero-order valence-corrected chi connectivity index (χ0v) is 13.1. The zero-order chi connectivity index (χ0) is 13.6. The number of aromatic nitrogens is 3. The van der Waals surface area contributed by atoms with Gasteiger partial charge in [0.05, 0.1) is 0 Å². The standard InChI is InChI=1S/C15H25N3S/c1-15(2,3)11-6-4-10(5-7-11)13-16-17-14(19)18(13)12-8-9-12/h10-12H,4-9H2,1-3H3,(H,17,19). The van der Waals surface area contributed by atoms with Gasteiger partial charge in [0.25, 0.3) is 0 Å². The van der Waals surface area contributed by atoms with Crippen LogP contribution in [-0.4, -0.2) is 14.8 Å². The Morgan fingerprint density at radius 1 is 1.11 bits per heavy atom. The van der Waals surface area contributed by atoms with E-state index in [1.54, 1.807) is 0 Å². The minimum absolute atomic E-state index is 0.451. The highest BCUT2D eigenvalue weighted by Gasteiger charge is 2.34. The molecular weight excluding hydrogens is 254 g/mol. The van der Waals surface area contributed by atoms with Crippen molar-refractivity contribution in [3.8, 4) is 0 Å². The SMILES string of the molecule is CC(C)(C)C1CCC(c2n[nH]c(=S)n2C2CC2)CC1. The van der Waals surface area contributed by atoms with E-state index in [4.69, 9.17) is 12.2 Å². The van der Waals surface area contributed by atoms with E-state index in [0.717, 1.165) is 10.7 Å². The van der Waals surface area contributed by atoms with Crippen LogP contribution in [0.15, 0.2) is 0 Å². The fourth-order valence-electron chi connectivity index (χ4n) is 3.51. The van der Waals surface area contributed by atoms with Crippen molar-refractivity contribution in [2.75, 3.05) is 0 Å². The van der Waals surface area contributed by atoms with Crippen LogP contribution in [0.3, 0.4) is 0 Å². The van der Waals surface area contributed by atoms with E-state index < -0.39 is 0 Å². The number of nitrogens with one attached hydrogen (secondary N) is 1. The van der Waals surface area contributed by atoms with Crippen molar-refractivity contribution in [3.63, 3.8) is 0 Å². The summed E-state index contributed by atoms with van der Waals surface area (Å²) >= 11 is 5.39. The van der Waals surface area contributed by atoms with Gasteiger partial charge in [-0.1, -0.05) is 20.8 Å². The van der Waals surface area contributed by atoms with Gasteiger partial charge in [-0.3, -0.25) is 5.10 Å². The van der Waals surface area contributed by atoms with Gasteiger partial charge in [0.2, 0.25) is 0 Å². The molecule has 3 nitrogen and oxygen atoms in total. The lowest BCUT2D eigenvalue weighted by atomic mass is 9.69. The molecule has 0 atom stereocenters. The molecule has 1 aromatic rings. The minimum atomic E-state index is 0.451. The molecule has 0 unspecified atom stereocenters. The summed E-state index contributed by atoms with van der Waals surface area (Å²) in [4.78, 5) is 0. The maximum atomic E-state index is 5.39. The molecule has 2 saturated carbocycles. The molecule has 106 valence electrons. The molecular formula is C15H25N3S. The maximum Gasteiger partial charge on any atom is 0.195 e. The predicted octanol–water partition coefficient (Wildman–Crippen LogP) is 4.60. The first kappa shape index (κ1) is 13.3. The van der Waals surface area contributed by atoms with Crippen LogP contribution in [0.2, 0.25) is 0 Å². The molecule has 1 N–H and O–H groups in total. The first-order valence-corrected chi connectivity index (χ1v) is 8.04. The van der Waals surface area contributed by atoms with Crippen LogP contribution in [0, 0.1) is 16.1 Å². The van der Waals surface area contributed by atoms with E-state index in [1.165, 1.54) is 44.3 Å². The first-order valence-electron chi connectivity index (χ1n) is 7.63. The maximum absolute atomic E-state index is 5.39. The molecule has 4 heteroatoms. The summed E-state index contributed by atoms with van der Waals surface area (Å²) in [6, 6.07) is 0.640. The summed E-state index contributed by atoms with van der Waals surface area (Å²) in [5, 5.41) is 7.55. The van der Waals surface area contributed by atoms with E-state index in [2.05, 4.69) is 35.5 Å². The van der Waals surface area contributed by atoms with Gasteiger partial charge in [-0.15, -0.1) is 0 Å². The Morgan fingerprint density at radius 3 is 2.26 bits per heavy atom. The van der Waals surface area contributed by atoms with Crippen molar-refractivity contribution in [1.82, 2.24) is 14.8 Å². The molecule has 0 amide bonds. The van der Waals surface area contributed by atoms with Crippen molar-refractivity contribution in [1.29, 1.82) is 0 Å². The van der Waals surface area contributed by atoms with Gasteiger partial charge in [-0.2, -0.15) is 5.10 Å². The third kappa shape index (κ3) is 2.64. The summed E-state index contributed by atoms with van der Waals surface area (Å²) in [6.07, 6.45) is 7.76. The average Bonchev–Trinajstić information content (AvgIpc) is 3.12. The van der Waals surface area contributed by atoms with E-state index >= 15 is 0 Å². The van der Waals surface area contributed by atoms with Crippen LogP contribution in [-0.2, 0) is 0 Å².